The maximum atomic E-state index is 5.80. The van der Waals surface area contributed by atoms with Gasteiger partial charge in [-0.1, -0.05) is 44.0 Å². The van der Waals surface area contributed by atoms with E-state index in [1.165, 1.54) is 0 Å². The molecule has 0 spiro atoms. The first-order valence-corrected chi connectivity index (χ1v) is 9.04. The van der Waals surface area contributed by atoms with Crippen molar-refractivity contribution in [1.29, 1.82) is 0 Å². The van der Waals surface area contributed by atoms with Crippen molar-refractivity contribution < 1.29 is 4.74 Å². The Morgan fingerprint density at radius 3 is 1.96 bits per heavy atom. The van der Waals surface area contributed by atoms with E-state index in [1.54, 1.807) is 0 Å². The molecule has 0 fully saturated rings. The molecule has 0 saturated carbocycles. The predicted molar refractivity (Wildman–Crippen MR) is 106 cm³/mol. The third-order valence-electron chi connectivity index (χ3n) is 3.39. The normalized spacial score (nSPS) is 10.9. The molecule has 3 rings (SSSR count). The Hall–Kier alpha value is -1.91. The van der Waals surface area contributed by atoms with E-state index in [1.807, 2.05) is 79.0 Å². The highest BCUT2D eigenvalue weighted by atomic mass is 79.9. The summed E-state index contributed by atoms with van der Waals surface area (Å²) in [7, 11) is 0. The molecule has 0 atom stereocenters. The minimum absolute atomic E-state index is 0.555. The first-order chi connectivity index (χ1) is 11.7. The number of halogens is 2. The van der Waals surface area contributed by atoms with Gasteiger partial charge in [-0.25, -0.2) is 0 Å². The van der Waals surface area contributed by atoms with Gasteiger partial charge < -0.3 is 4.74 Å². The second-order valence-corrected chi connectivity index (χ2v) is 7.05. The topological polar surface area (TPSA) is 21.6 Å². The molecule has 0 radical (unpaired) electrons. The quantitative estimate of drug-likeness (QED) is 0.409. The van der Waals surface area contributed by atoms with Crippen LogP contribution < -0.4 is 4.74 Å². The molecule has 2 nitrogen and oxygen atoms in total. The first-order valence-electron chi connectivity index (χ1n) is 7.46. The van der Waals surface area contributed by atoms with Crippen LogP contribution in [0.15, 0.2) is 86.7 Å². The van der Waals surface area contributed by atoms with Gasteiger partial charge in [-0.3, -0.25) is 4.99 Å². The van der Waals surface area contributed by atoms with E-state index >= 15 is 0 Å². The van der Waals surface area contributed by atoms with Crippen LogP contribution in [0.5, 0.6) is 5.75 Å². The molecule has 0 bridgehead atoms. The Morgan fingerprint density at radius 2 is 1.33 bits per heavy atom. The highest BCUT2D eigenvalue weighted by Gasteiger charge is 1.97. The summed E-state index contributed by atoms with van der Waals surface area (Å²) in [6, 6.07) is 23.9. The fourth-order valence-electron chi connectivity index (χ4n) is 2.07. The van der Waals surface area contributed by atoms with Crippen molar-refractivity contribution in [2.45, 2.75) is 6.61 Å². The summed E-state index contributed by atoms with van der Waals surface area (Å²) in [5, 5.41) is 0. The van der Waals surface area contributed by atoms with Gasteiger partial charge >= 0.3 is 0 Å². The highest BCUT2D eigenvalue weighted by Crippen LogP contribution is 2.18. The Kier molecular flexibility index (Phi) is 5.83. The Morgan fingerprint density at radius 1 is 0.750 bits per heavy atom. The molecular formula is C20H15Br2NO. The van der Waals surface area contributed by atoms with Gasteiger partial charge in [0.05, 0.1) is 5.69 Å². The SMILES string of the molecule is Brc1ccc(COc2ccc(C=Nc3ccc(Br)cc3)cc2)cc1. The Balaban J connectivity index is 1.58. The second-order valence-electron chi connectivity index (χ2n) is 5.22. The molecule has 0 unspecified atom stereocenters. The molecule has 24 heavy (non-hydrogen) atoms. The van der Waals surface area contributed by atoms with Crippen molar-refractivity contribution in [1.82, 2.24) is 0 Å². The largest absolute Gasteiger partial charge is 0.489 e. The van der Waals surface area contributed by atoms with Crippen LogP contribution in [0.3, 0.4) is 0 Å². The fourth-order valence-corrected chi connectivity index (χ4v) is 2.60. The summed E-state index contributed by atoms with van der Waals surface area (Å²) in [5.74, 6) is 0.846. The first kappa shape index (κ1) is 16.9. The zero-order chi connectivity index (χ0) is 16.8. The second kappa shape index (κ2) is 8.27. The third kappa shape index (κ3) is 5.05. The molecule has 0 N–H and O–H groups in total. The molecule has 0 aliphatic heterocycles. The minimum Gasteiger partial charge on any atom is -0.489 e. The van der Waals surface area contributed by atoms with E-state index in [4.69, 9.17) is 4.74 Å². The number of nitrogens with zero attached hydrogens (tertiary/aromatic N) is 1. The van der Waals surface area contributed by atoms with Crippen LogP contribution >= 0.6 is 31.9 Å². The van der Waals surface area contributed by atoms with E-state index < -0.39 is 0 Å². The molecule has 3 aromatic rings. The molecule has 4 heteroatoms. The van der Waals surface area contributed by atoms with Gasteiger partial charge in [-0.15, -0.1) is 0 Å². The van der Waals surface area contributed by atoms with E-state index in [0.29, 0.717) is 6.61 Å². The molecule has 0 amide bonds. The maximum Gasteiger partial charge on any atom is 0.119 e. The average Bonchev–Trinajstić information content (AvgIpc) is 2.62. The summed E-state index contributed by atoms with van der Waals surface area (Å²) in [5.41, 5.74) is 3.10. The summed E-state index contributed by atoms with van der Waals surface area (Å²) in [4.78, 5) is 4.46. The summed E-state index contributed by atoms with van der Waals surface area (Å²) in [6.45, 7) is 0.555. The number of aliphatic imine (C=N–C) groups is 1. The van der Waals surface area contributed by atoms with Crippen LogP contribution in [0, 0.1) is 0 Å². The van der Waals surface area contributed by atoms with Crippen LogP contribution in [0.1, 0.15) is 11.1 Å². The van der Waals surface area contributed by atoms with Crippen molar-refractivity contribution in [3.63, 3.8) is 0 Å². The lowest BCUT2D eigenvalue weighted by atomic mass is 10.2. The van der Waals surface area contributed by atoms with Gasteiger partial charge in [0.25, 0.3) is 0 Å². The predicted octanol–water partition coefficient (Wildman–Crippen LogP) is 6.54. The van der Waals surface area contributed by atoms with Crippen LogP contribution in [0.2, 0.25) is 0 Å². The van der Waals surface area contributed by atoms with Crippen molar-refractivity contribution in [2.24, 2.45) is 4.99 Å². The number of benzene rings is 3. The molecule has 3 aromatic carbocycles. The molecule has 0 aliphatic carbocycles. The van der Waals surface area contributed by atoms with Crippen molar-refractivity contribution in [3.05, 3.63) is 92.9 Å². The van der Waals surface area contributed by atoms with Gasteiger partial charge in [0.2, 0.25) is 0 Å². The van der Waals surface area contributed by atoms with E-state index in [-0.39, 0.29) is 0 Å². The lowest BCUT2D eigenvalue weighted by Gasteiger charge is -2.06. The molecule has 120 valence electrons. The van der Waals surface area contributed by atoms with Gasteiger partial charge in [-0.05, 0) is 71.8 Å². The monoisotopic (exact) mass is 443 g/mol. The zero-order valence-electron chi connectivity index (χ0n) is 12.8. The van der Waals surface area contributed by atoms with Crippen LogP contribution in [0.4, 0.5) is 5.69 Å². The molecule has 0 heterocycles. The lowest BCUT2D eigenvalue weighted by Crippen LogP contribution is -1.95. The molecular weight excluding hydrogens is 430 g/mol. The Bertz CT molecular complexity index is 810. The van der Waals surface area contributed by atoms with E-state index in [2.05, 4.69) is 36.9 Å². The molecule has 0 aromatic heterocycles. The van der Waals surface area contributed by atoms with Gasteiger partial charge in [0.1, 0.15) is 12.4 Å². The summed E-state index contributed by atoms with van der Waals surface area (Å²) in [6.07, 6.45) is 1.85. The lowest BCUT2D eigenvalue weighted by molar-refractivity contribution is 0.306. The van der Waals surface area contributed by atoms with E-state index in [9.17, 15) is 0 Å². The Labute approximate surface area is 158 Å². The van der Waals surface area contributed by atoms with E-state index in [0.717, 1.165) is 31.5 Å². The standard InChI is InChI=1S/C20H15Br2NO/c21-17-5-1-16(2-6-17)14-24-20-11-3-15(4-12-20)13-23-19-9-7-18(22)8-10-19/h1-13H,14H2. The van der Waals surface area contributed by atoms with Crippen LogP contribution in [-0.2, 0) is 6.61 Å². The number of hydrogen-bond donors (Lipinski definition) is 0. The van der Waals surface area contributed by atoms with Crippen molar-refractivity contribution in [3.8, 4) is 5.75 Å². The van der Waals surface area contributed by atoms with Crippen molar-refractivity contribution in [2.75, 3.05) is 0 Å². The average molecular weight is 445 g/mol. The molecule has 0 saturated heterocycles. The summed E-state index contributed by atoms with van der Waals surface area (Å²) < 4.78 is 7.92. The van der Waals surface area contributed by atoms with Gasteiger partial charge in [-0.2, -0.15) is 0 Å². The van der Waals surface area contributed by atoms with Gasteiger partial charge in [0.15, 0.2) is 0 Å². The number of hydrogen-bond acceptors (Lipinski definition) is 2. The number of rotatable bonds is 5. The van der Waals surface area contributed by atoms with Crippen molar-refractivity contribution >= 4 is 43.8 Å². The highest BCUT2D eigenvalue weighted by molar-refractivity contribution is 9.10. The minimum atomic E-state index is 0.555. The smallest absolute Gasteiger partial charge is 0.119 e. The van der Waals surface area contributed by atoms with Crippen LogP contribution in [-0.4, -0.2) is 6.21 Å². The fraction of sp³-hybridized carbons (Fsp3) is 0.0500. The maximum absolute atomic E-state index is 5.80. The third-order valence-corrected chi connectivity index (χ3v) is 4.45. The zero-order valence-corrected chi connectivity index (χ0v) is 16.0. The molecule has 0 aliphatic rings. The summed E-state index contributed by atoms with van der Waals surface area (Å²) >= 11 is 6.85. The van der Waals surface area contributed by atoms with Gasteiger partial charge in [0, 0.05) is 15.2 Å². The van der Waals surface area contributed by atoms with Crippen LogP contribution in [0.25, 0.3) is 0 Å². The number of ether oxygens (including phenoxy) is 1.